The second kappa shape index (κ2) is 8.98. The van der Waals surface area contributed by atoms with E-state index in [1.165, 1.54) is 25.7 Å². The van der Waals surface area contributed by atoms with E-state index < -0.39 is 0 Å². The van der Waals surface area contributed by atoms with Gasteiger partial charge in [0.15, 0.2) is 5.78 Å². The van der Waals surface area contributed by atoms with Crippen LogP contribution in [0, 0.1) is 0 Å². The summed E-state index contributed by atoms with van der Waals surface area (Å²) in [6.07, 6.45) is 8.33. The molecule has 0 radical (unpaired) electrons. The van der Waals surface area contributed by atoms with Gasteiger partial charge in [-0.3, -0.25) is 4.79 Å². The van der Waals surface area contributed by atoms with Crippen molar-refractivity contribution in [3.05, 3.63) is 11.1 Å². The Morgan fingerprint density at radius 1 is 1.25 bits per heavy atom. The molecule has 0 aromatic carbocycles. The number of carbonyl (C=O) groups is 1. The maximum absolute atomic E-state index is 11.0. The van der Waals surface area contributed by atoms with Gasteiger partial charge in [-0.05, 0) is 17.5 Å². The van der Waals surface area contributed by atoms with E-state index in [0.29, 0.717) is 6.42 Å². The summed E-state index contributed by atoms with van der Waals surface area (Å²) in [5.74, 6) is 0.225. The van der Waals surface area contributed by atoms with Crippen LogP contribution < -0.4 is 0 Å². The smallest absolute Gasteiger partial charge is 0.156 e. The van der Waals surface area contributed by atoms with E-state index in [9.17, 15) is 4.79 Å². The van der Waals surface area contributed by atoms with E-state index in [-0.39, 0.29) is 5.78 Å². The first-order chi connectivity index (χ1) is 5.81. The highest BCUT2D eigenvalue weighted by Gasteiger charge is 1.95. The van der Waals surface area contributed by atoms with Gasteiger partial charge in [-0.25, -0.2) is 0 Å². The summed E-state index contributed by atoms with van der Waals surface area (Å²) in [7, 11) is 0. The van der Waals surface area contributed by atoms with Crippen molar-refractivity contribution in [1.82, 2.24) is 0 Å². The average Bonchev–Trinajstić information content (AvgIpc) is 2.05. The number of hydrogen-bond acceptors (Lipinski definition) is 1. The Labute approximate surface area is 83.4 Å². The lowest BCUT2D eigenvalue weighted by molar-refractivity contribution is -0.114. The molecule has 0 heterocycles. The van der Waals surface area contributed by atoms with E-state index in [0.717, 1.165) is 6.42 Å². The van der Waals surface area contributed by atoms with Crippen LogP contribution in [0.2, 0.25) is 0 Å². The molecule has 1 nitrogen and oxygen atoms in total. The zero-order valence-corrected chi connectivity index (χ0v) is 9.27. The average molecular weight is 233 g/mol. The van der Waals surface area contributed by atoms with Crippen molar-refractivity contribution in [3.8, 4) is 0 Å². The van der Waals surface area contributed by atoms with Crippen molar-refractivity contribution < 1.29 is 4.79 Å². The summed E-state index contributed by atoms with van der Waals surface area (Å²) in [6, 6.07) is 0. The number of unbranched alkanes of at least 4 members (excludes halogenated alkanes) is 4. The number of ketones is 1. The maximum atomic E-state index is 11.0. The fraction of sp³-hybridized carbons (Fsp3) is 0.700. The van der Waals surface area contributed by atoms with E-state index in [2.05, 4.69) is 22.9 Å². The van der Waals surface area contributed by atoms with Crippen LogP contribution >= 0.6 is 15.9 Å². The van der Waals surface area contributed by atoms with Crippen molar-refractivity contribution in [3.63, 3.8) is 0 Å². The highest BCUT2D eigenvalue weighted by molar-refractivity contribution is 9.11. The molecule has 0 aliphatic heterocycles. The minimum Gasteiger partial charge on any atom is -0.295 e. The highest BCUT2D eigenvalue weighted by Crippen LogP contribution is 2.05. The van der Waals surface area contributed by atoms with Crippen LogP contribution in [-0.2, 0) is 4.79 Å². The van der Waals surface area contributed by atoms with Gasteiger partial charge < -0.3 is 0 Å². The summed E-state index contributed by atoms with van der Waals surface area (Å²) in [5, 5.41) is 0. The first-order valence-electron chi connectivity index (χ1n) is 4.61. The van der Waals surface area contributed by atoms with E-state index >= 15 is 0 Å². The van der Waals surface area contributed by atoms with Crippen LogP contribution in [0.15, 0.2) is 11.1 Å². The molecule has 12 heavy (non-hydrogen) atoms. The third kappa shape index (κ3) is 7.99. The predicted molar refractivity (Wildman–Crippen MR) is 56.5 cm³/mol. The molecule has 0 aliphatic carbocycles. The van der Waals surface area contributed by atoms with Crippen LogP contribution in [0.4, 0.5) is 0 Å². The molecule has 0 aromatic rings. The molecule has 0 aromatic heterocycles. The number of carbonyl (C=O) groups excluding carboxylic acids is 1. The first kappa shape index (κ1) is 11.9. The zero-order chi connectivity index (χ0) is 9.23. The van der Waals surface area contributed by atoms with E-state index in [1.54, 1.807) is 11.1 Å². The predicted octanol–water partition coefficient (Wildman–Crippen LogP) is 3.82. The minimum absolute atomic E-state index is 0.225. The molecule has 0 amide bonds. The Kier molecular flexibility index (Phi) is 8.90. The van der Waals surface area contributed by atoms with E-state index in [1.807, 2.05) is 0 Å². The molecule has 0 atom stereocenters. The van der Waals surface area contributed by atoms with Gasteiger partial charge in [-0.1, -0.05) is 48.5 Å². The number of halogens is 1. The molecule has 0 aliphatic rings. The van der Waals surface area contributed by atoms with Crippen molar-refractivity contribution in [2.24, 2.45) is 0 Å². The molecule has 0 saturated heterocycles. The molecular weight excluding hydrogens is 216 g/mol. The Balaban J connectivity index is 3.14. The lowest BCUT2D eigenvalue weighted by atomic mass is 10.1. The fourth-order valence-corrected chi connectivity index (χ4v) is 1.35. The topological polar surface area (TPSA) is 17.1 Å². The molecule has 0 bridgehead atoms. The Morgan fingerprint density at radius 2 is 1.92 bits per heavy atom. The summed E-state index contributed by atoms with van der Waals surface area (Å²) >= 11 is 3.08. The van der Waals surface area contributed by atoms with Gasteiger partial charge in [-0.2, -0.15) is 0 Å². The Hall–Kier alpha value is -0.110. The number of allylic oxidation sites excluding steroid dienone is 1. The molecule has 2 heteroatoms. The quantitative estimate of drug-likeness (QED) is 0.482. The van der Waals surface area contributed by atoms with Gasteiger partial charge in [0.1, 0.15) is 0 Å². The molecule has 0 spiro atoms. The second-order valence-electron chi connectivity index (χ2n) is 2.92. The van der Waals surface area contributed by atoms with Gasteiger partial charge in [0.2, 0.25) is 0 Å². The Bertz CT molecular complexity index is 141. The third-order valence-electron chi connectivity index (χ3n) is 1.78. The number of hydrogen-bond donors (Lipinski definition) is 0. The van der Waals surface area contributed by atoms with E-state index in [4.69, 9.17) is 0 Å². The summed E-state index contributed by atoms with van der Waals surface area (Å²) < 4.78 is 0. The molecule has 0 N–H and O–H groups in total. The molecule has 0 rings (SSSR count). The van der Waals surface area contributed by atoms with Crippen molar-refractivity contribution in [2.75, 3.05) is 0 Å². The van der Waals surface area contributed by atoms with Crippen LogP contribution in [0.1, 0.15) is 45.4 Å². The highest BCUT2D eigenvalue weighted by atomic mass is 79.9. The standard InChI is InChI=1S/C10H17BrO/c1-2-3-4-5-6-7-10(12)8-9-11/h8-9H,2-7H2,1H3. The van der Waals surface area contributed by atoms with Crippen LogP contribution in [0.5, 0.6) is 0 Å². The fourth-order valence-electron chi connectivity index (χ4n) is 1.06. The summed E-state index contributed by atoms with van der Waals surface area (Å²) in [6.45, 7) is 2.19. The largest absolute Gasteiger partial charge is 0.295 e. The molecule has 0 saturated carbocycles. The van der Waals surface area contributed by atoms with Gasteiger partial charge in [0.25, 0.3) is 0 Å². The molecular formula is C10H17BrO. The summed E-state index contributed by atoms with van der Waals surface area (Å²) in [4.78, 5) is 12.6. The molecule has 0 unspecified atom stereocenters. The normalized spacial score (nSPS) is 10.8. The molecule has 70 valence electrons. The minimum atomic E-state index is 0.225. The zero-order valence-electron chi connectivity index (χ0n) is 7.68. The Morgan fingerprint density at radius 3 is 2.50 bits per heavy atom. The van der Waals surface area contributed by atoms with Gasteiger partial charge in [0, 0.05) is 6.42 Å². The van der Waals surface area contributed by atoms with Gasteiger partial charge in [-0.15, -0.1) is 0 Å². The third-order valence-corrected chi connectivity index (χ3v) is 2.04. The SMILES string of the molecule is CCCCCCCC(=O)C=CBr. The maximum Gasteiger partial charge on any atom is 0.156 e. The van der Waals surface area contributed by atoms with Gasteiger partial charge >= 0.3 is 0 Å². The van der Waals surface area contributed by atoms with Crippen LogP contribution in [0.25, 0.3) is 0 Å². The monoisotopic (exact) mass is 232 g/mol. The van der Waals surface area contributed by atoms with Crippen molar-refractivity contribution >= 4 is 21.7 Å². The number of rotatable bonds is 7. The lowest BCUT2D eigenvalue weighted by Gasteiger charge is -1.96. The van der Waals surface area contributed by atoms with Crippen molar-refractivity contribution in [1.29, 1.82) is 0 Å². The van der Waals surface area contributed by atoms with Gasteiger partial charge in [0.05, 0.1) is 0 Å². The first-order valence-corrected chi connectivity index (χ1v) is 5.52. The summed E-state index contributed by atoms with van der Waals surface area (Å²) in [5.41, 5.74) is 0. The lowest BCUT2D eigenvalue weighted by Crippen LogP contribution is -1.91. The van der Waals surface area contributed by atoms with Crippen LogP contribution in [-0.4, -0.2) is 5.78 Å². The van der Waals surface area contributed by atoms with Crippen LogP contribution in [0.3, 0.4) is 0 Å². The molecule has 0 fully saturated rings. The van der Waals surface area contributed by atoms with Crippen molar-refractivity contribution in [2.45, 2.75) is 45.4 Å². The second-order valence-corrected chi connectivity index (χ2v) is 3.45.